The molecule has 0 aromatic carbocycles. The minimum absolute atomic E-state index is 1.10. The average Bonchev–Trinajstić information content (AvgIpc) is 2.39. The van der Waals surface area contributed by atoms with Crippen LogP contribution >= 0.6 is 0 Å². The topological polar surface area (TPSA) is 0 Å². The zero-order valence-corrected chi connectivity index (χ0v) is 12.6. The second kappa shape index (κ2) is 16.5. The lowest BCUT2D eigenvalue weighted by molar-refractivity contribution is 0.544. The molecule has 0 spiro atoms. The van der Waals surface area contributed by atoms with E-state index >= 15 is 0 Å². The molecule has 0 heteroatoms. The van der Waals surface area contributed by atoms with Crippen LogP contribution in [0.1, 0.15) is 90.4 Å². The van der Waals surface area contributed by atoms with Crippen LogP contribution in [0.25, 0.3) is 0 Å². The van der Waals surface area contributed by atoms with Crippen LogP contribution in [0, 0.1) is 6.08 Å². The van der Waals surface area contributed by atoms with Crippen LogP contribution < -0.4 is 0 Å². The van der Waals surface area contributed by atoms with Crippen LogP contribution in [0.4, 0.5) is 0 Å². The predicted molar refractivity (Wildman–Crippen MR) is 83.7 cm³/mol. The summed E-state index contributed by atoms with van der Waals surface area (Å²) in [5, 5.41) is 0. The first kappa shape index (κ1) is 17.5. The van der Waals surface area contributed by atoms with Crippen molar-refractivity contribution >= 4 is 0 Å². The van der Waals surface area contributed by atoms with E-state index in [9.17, 15) is 0 Å². The third-order valence-electron chi connectivity index (χ3n) is 3.41. The van der Waals surface area contributed by atoms with Crippen molar-refractivity contribution in [3.8, 4) is 0 Å². The Balaban J connectivity index is 2.94. The Morgan fingerprint density at radius 3 is 1.61 bits per heavy atom. The quantitative estimate of drug-likeness (QED) is 0.239. The van der Waals surface area contributed by atoms with Crippen molar-refractivity contribution in [1.29, 1.82) is 0 Å². The Labute approximate surface area is 116 Å². The summed E-state index contributed by atoms with van der Waals surface area (Å²) >= 11 is 0. The van der Waals surface area contributed by atoms with Gasteiger partial charge in [0.05, 0.1) is 0 Å². The Morgan fingerprint density at radius 2 is 1.17 bits per heavy atom. The summed E-state index contributed by atoms with van der Waals surface area (Å²) in [5.41, 5.74) is 0. The summed E-state index contributed by atoms with van der Waals surface area (Å²) in [6.07, 6.45) is 25.1. The normalized spacial score (nSPS) is 11.2. The highest BCUT2D eigenvalue weighted by Crippen LogP contribution is 2.12. The Hall–Kier alpha value is -0.520. The van der Waals surface area contributed by atoms with E-state index in [-0.39, 0.29) is 0 Å². The summed E-state index contributed by atoms with van der Waals surface area (Å²) in [5.74, 6) is 0. The molecular formula is C18H33. The molecule has 0 nitrogen and oxygen atoms in total. The highest BCUT2D eigenvalue weighted by molar-refractivity contribution is 4.92. The standard InChI is InChI=1S/C18H33/c1-3-5-7-9-11-13-15-17-18-16-14-12-10-8-6-4-2/h3,5H,1,4,6,8-18H2,2H3. The van der Waals surface area contributed by atoms with Gasteiger partial charge in [0, 0.05) is 0 Å². The molecule has 0 rings (SSSR count). The molecule has 0 saturated heterocycles. The van der Waals surface area contributed by atoms with Gasteiger partial charge in [-0.1, -0.05) is 96.3 Å². The molecule has 0 aliphatic carbocycles. The van der Waals surface area contributed by atoms with Gasteiger partial charge < -0.3 is 0 Å². The van der Waals surface area contributed by atoms with Crippen LogP contribution in [-0.2, 0) is 0 Å². The molecular weight excluding hydrogens is 216 g/mol. The number of hydrogen-bond acceptors (Lipinski definition) is 0. The molecule has 0 saturated carbocycles. The highest BCUT2D eigenvalue weighted by Gasteiger charge is 1.92. The molecule has 0 fully saturated rings. The maximum Gasteiger partial charge on any atom is -0.0276 e. The maximum atomic E-state index is 3.64. The van der Waals surface area contributed by atoms with Gasteiger partial charge in [0.15, 0.2) is 0 Å². The van der Waals surface area contributed by atoms with E-state index in [1.54, 1.807) is 6.08 Å². The monoisotopic (exact) mass is 249 g/mol. The fourth-order valence-electron chi connectivity index (χ4n) is 2.23. The smallest absolute Gasteiger partial charge is 0.0276 e. The molecule has 0 bridgehead atoms. The largest absolute Gasteiger partial charge is 0.0991 e. The van der Waals surface area contributed by atoms with E-state index in [0.717, 1.165) is 6.42 Å². The molecule has 18 heavy (non-hydrogen) atoms. The van der Waals surface area contributed by atoms with Crippen LogP contribution in [0.15, 0.2) is 18.7 Å². The van der Waals surface area contributed by atoms with Gasteiger partial charge in [0.2, 0.25) is 0 Å². The van der Waals surface area contributed by atoms with E-state index in [1.807, 2.05) is 6.08 Å². The molecule has 0 atom stereocenters. The Bertz CT molecular complexity index is 178. The van der Waals surface area contributed by atoms with Crippen molar-refractivity contribution in [1.82, 2.24) is 0 Å². The lowest BCUT2D eigenvalue weighted by atomic mass is 10.0. The maximum absolute atomic E-state index is 3.64. The lowest BCUT2D eigenvalue weighted by Crippen LogP contribution is -1.82. The van der Waals surface area contributed by atoms with Crippen LogP contribution in [-0.4, -0.2) is 0 Å². The van der Waals surface area contributed by atoms with E-state index in [4.69, 9.17) is 0 Å². The first-order valence-corrected chi connectivity index (χ1v) is 8.09. The molecule has 105 valence electrons. The summed E-state index contributed by atoms with van der Waals surface area (Å²) in [4.78, 5) is 0. The van der Waals surface area contributed by atoms with E-state index in [2.05, 4.69) is 19.6 Å². The van der Waals surface area contributed by atoms with Gasteiger partial charge in [-0.2, -0.15) is 0 Å². The molecule has 0 aliphatic rings. The second-order valence-electron chi connectivity index (χ2n) is 5.25. The van der Waals surface area contributed by atoms with E-state index in [0.29, 0.717) is 0 Å². The Morgan fingerprint density at radius 1 is 0.722 bits per heavy atom. The van der Waals surface area contributed by atoms with Crippen LogP contribution in [0.5, 0.6) is 0 Å². The molecule has 0 amide bonds. The molecule has 0 aromatic heterocycles. The van der Waals surface area contributed by atoms with Gasteiger partial charge >= 0.3 is 0 Å². The zero-order chi connectivity index (χ0) is 13.3. The van der Waals surface area contributed by atoms with Crippen molar-refractivity contribution in [2.24, 2.45) is 0 Å². The first-order chi connectivity index (χ1) is 8.91. The number of hydrogen-bond donors (Lipinski definition) is 0. The first-order valence-electron chi connectivity index (χ1n) is 8.09. The molecule has 1 radical (unpaired) electrons. The van der Waals surface area contributed by atoms with Crippen molar-refractivity contribution < 1.29 is 0 Å². The van der Waals surface area contributed by atoms with Gasteiger partial charge in [-0.3, -0.25) is 0 Å². The molecule has 0 N–H and O–H groups in total. The van der Waals surface area contributed by atoms with Crippen molar-refractivity contribution in [3.05, 3.63) is 24.8 Å². The fraction of sp³-hybridized carbons (Fsp3) is 0.778. The molecule has 0 aromatic rings. The number of allylic oxidation sites excluding steroid dienone is 3. The van der Waals surface area contributed by atoms with Crippen LogP contribution in [0.2, 0.25) is 0 Å². The summed E-state index contributed by atoms with van der Waals surface area (Å²) in [7, 11) is 0. The van der Waals surface area contributed by atoms with Gasteiger partial charge in [-0.25, -0.2) is 0 Å². The van der Waals surface area contributed by atoms with Gasteiger partial charge in [0.25, 0.3) is 0 Å². The summed E-state index contributed by atoms with van der Waals surface area (Å²) in [6.45, 7) is 5.92. The minimum atomic E-state index is 1.10. The van der Waals surface area contributed by atoms with Gasteiger partial charge in [-0.15, -0.1) is 0 Å². The predicted octanol–water partition coefficient (Wildman–Crippen LogP) is 6.62. The van der Waals surface area contributed by atoms with Gasteiger partial charge in [-0.05, 0) is 18.9 Å². The van der Waals surface area contributed by atoms with Gasteiger partial charge in [0.1, 0.15) is 0 Å². The summed E-state index contributed by atoms with van der Waals surface area (Å²) in [6, 6.07) is 0. The van der Waals surface area contributed by atoms with E-state index < -0.39 is 0 Å². The van der Waals surface area contributed by atoms with Crippen molar-refractivity contribution in [3.63, 3.8) is 0 Å². The third-order valence-corrected chi connectivity index (χ3v) is 3.41. The average molecular weight is 249 g/mol. The zero-order valence-electron chi connectivity index (χ0n) is 12.6. The lowest BCUT2D eigenvalue weighted by Gasteiger charge is -2.02. The number of rotatable bonds is 14. The van der Waals surface area contributed by atoms with Crippen LogP contribution in [0.3, 0.4) is 0 Å². The minimum Gasteiger partial charge on any atom is -0.0991 e. The van der Waals surface area contributed by atoms with Crippen molar-refractivity contribution in [2.45, 2.75) is 90.4 Å². The molecule has 0 aliphatic heterocycles. The SMILES string of the molecule is C=C/C=[C]/CCCCCCCCCCCCCC. The second-order valence-corrected chi connectivity index (χ2v) is 5.25. The fourth-order valence-corrected chi connectivity index (χ4v) is 2.23. The van der Waals surface area contributed by atoms with E-state index in [1.165, 1.54) is 77.0 Å². The molecule has 0 heterocycles. The molecule has 0 unspecified atom stereocenters. The van der Waals surface area contributed by atoms with Crippen molar-refractivity contribution in [2.75, 3.05) is 0 Å². The number of unbranched alkanes of at least 4 members (excludes halogenated alkanes) is 12. The third kappa shape index (κ3) is 15.5. The highest BCUT2D eigenvalue weighted by atomic mass is 14.0. The Kier molecular flexibility index (Phi) is 16.0. The summed E-state index contributed by atoms with van der Waals surface area (Å²) < 4.78 is 0.